The van der Waals surface area contributed by atoms with Gasteiger partial charge < -0.3 is 20.9 Å². The largest absolute Gasteiger partial charge is 0.481 e. The molecule has 0 saturated heterocycles. The molecule has 1 fully saturated rings. The summed E-state index contributed by atoms with van der Waals surface area (Å²) in [7, 11) is 1.57. The van der Waals surface area contributed by atoms with E-state index in [0.717, 1.165) is 25.7 Å². The van der Waals surface area contributed by atoms with Crippen LogP contribution >= 0.6 is 0 Å². The molecule has 5 nitrogen and oxygen atoms in total. The van der Waals surface area contributed by atoms with Gasteiger partial charge in [-0.3, -0.25) is 0 Å². The first-order chi connectivity index (χ1) is 9.13. The molecule has 1 heterocycles. The van der Waals surface area contributed by atoms with Crippen molar-refractivity contribution >= 4 is 11.5 Å². The van der Waals surface area contributed by atoms with Crippen molar-refractivity contribution in [3.05, 3.63) is 12.1 Å². The van der Waals surface area contributed by atoms with Crippen molar-refractivity contribution in [3.63, 3.8) is 0 Å². The maximum absolute atomic E-state index is 10.6. The first kappa shape index (κ1) is 13.9. The Labute approximate surface area is 114 Å². The lowest BCUT2D eigenvalue weighted by atomic mass is 9.94. The van der Waals surface area contributed by atoms with E-state index in [1.165, 1.54) is 12.8 Å². The summed E-state index contributed by atoms with van der Waals surface area (Å²) in [5.74, 6) is 1.10. The summed E-state index contributed by atoms with van der Waals surface area (Å²) in [5, 5.41) is 13.7. The van der Waals surface area contributed by atoms with Crippen LogP contribution in [0.5, 0.6) is 5.88 Å². The molecule has 1 aliphatic rings. The van der Waals surface area contributed by atoms with Gasteiger partial charge in [0, 0.05) is 12.6 Å². The molecule has 1 aliphatic carbocycles. The average Bonchev–Trinajstić information content (AvgIpc) is 2.63. The third-order valence-electron chi connectivity index (χ3n) is 3.73. The number of aromatic nitrogens is 1. The highest BCUT2D eigenvalue weighted by Gasteiger charge is 2.27. The van der Waals surface area contributed by atoms with Gasteiger partial charge in [-0.1, -0.05) is 25.7 Å². The number of rotatable bonds is 4. The van der Waals surface area contributed by atoms with Gasteiger partial charge in [0.05, 0.1) is 18.4 Å². The lowest BCUT2D eigenvalue weighted by Gasteiger charge is -2.27. The standard InChI is InChI=1S/C14H23N3O2/c1-19-12-7-6-11(15)13(17-12)16-10-14(18)8-4-2-3-5-9-14/h6-7,18H,2-5,8-10,15H2,1H3,(H,16,17). The molecule has 0 aromatic carbocycles. The van der Waals surface area contributed by atoms with Crippen LogP contribution in [-0.2, 0) is 0 Å². The van der Waals surface area contributed by atoms with Crippen LogP contribution in [0.3, 0.4) is 0 Å². The van der Waals surface area contributed by atoms with Crippen LogP contribution in [0.15, 0.2) is 12.1 Å². The Morgan fingerprint density at radius 2 is 2.00 bits per heavy atom. The fourth-order valence-electron chi connectivity index (χ4n) is 2.52. The second-order valence-corrected chi connectivity index (χ2v) is 5.28. The minimum absolute atomic E-state index is 0.483. The Kier molecular flexibility index (Phi) is 4.47. The van der Waals surface area contributed by atoms with E-state index in [2.05, 4.69) is 10.3 Å². The molecule has 0 spiro atoms. The van der Waals surface area contributed by atoms with Crippen molar-refractivity contribution < 1.29 is 9.84 Å². The zero-order valence-electron chi connectivity index (χ0n) is 11.5. The Morgan fingerprint density at radius 1 is 1.32 bits per heavy atom. The van der Waals surface area contributed by atoms with Gasteiger partial charge in [0.25, 0.3) is 0 Å². The van der Waals surface area contributed by atoms with Gasteiger partial charge in [0.1, 0.15) is 0 Å². The summed E-state index contributed by atoms with van der Waals surface area (Å²) in [6, 6.07) is 3.48. The molecule has 0 amide bonds. The molecular weight excluding hydrogens is 242 g/mol. The highest BCUT2D eigenvalue weighted by Crippen LogP contribution is 2.28. The first-order valence-electron chi connectivity index (χ1n) is 6.90. The van der Waals surface area contributed by atoms with Gasteiger partial charge in [-0.2, -0.15) is 4.98 Å². The molecule has 2 rings (SSSR count). The van der Waals surface area contributed by atoms with Gasteiger partial charge in [-0.05, 0) is 18.9 Å². The molecule has 106 valence electrons. The van der Waals surface area contributed by atoms with Crippen LogP contribution in [0.1, 0.15) is 38.5 Å². The van der Waals surface area contributed by atoms with Crippen molar-refractivity contribution in [1.82, 2.24) is 4.98 Å². The Balaban J connectivity index is 2.00. The number of anilines is 2. The van der Waals surface area contributed by atoms with E-state index in [1.54, 1.807) is 19.2 Å². The maximum atomic E-state index is 10.6. The number of nitrogen functional groups attached to an aromatic ring is 1. The van der Waals surface area contributed by atoms with Gasteiger partial charge in [0.2, 0.25) is 5.88 Å². The maximum Gasteiger partial charge on any atom is 0.215 e. The number of nitrogens with two attached hydrogens (primary N) is 1. The smallest absolute Gasteiger partial charge is 0.215 e. The van der Waals surface area contributed by atoms with Gasteiger partial charge in [0.15, 0.2) is 5.82 Å². The van der Waals surface area contributed by atoms with E-state index in [-0.39, 0.29) is 0 Å². The van der Waals surface area contributed by atoms with Crippen LogP contribution in [0.4, 0.5) is 11.5 Å². The van der Waals surface area contributed by atoms with E-state index >= 15 is 0 Å². The second-order valence-electron chi connectivity index (χ2n) is 5.28. The van der Waals surface area contributed by atoms with Gasteiger partial charge in [-0.15, -0.1) is 0 Å². The van der Waals surface area contributed by atoms with Crippen molar-refractivity contribution in [2.24, 2.45) is 0 Å². The van der Waals surface area contributed by atoms with Gasteiger partial charge >= 0.3 is 0 Å². The van der Waals surface area contributed by atoms with Crippen LogP contribution in [0, 0.1) is 0 Å². The molecule has 0 aliphatic heterocycles. The van der Waals surface area contributed by atoms with Crippen LogP contribution in [0.2, 0.25) is 0 Å². The summed E-state index contributed by atoms with van der Waals surface area (Å²) in [5.41, 5.74) is 5.79. The Morgan fingerprint density at radius 3 is 2.63 bits per heavy atom. The zero-order valence-corrected chi connectivity index (χ0v) is 11.5. The average molecular weight is 265 g/mol. The normalized spacial score (nSPS) is 18.6. The number of aliphatic hydroxyl groups is 1. The molecular formula is C14H23N3O2. The fourth-order valence-corrected chi connectivity index (χ4v) is 2.52. The quantitative estimate of drug-likeness (QED) is 0.727. The predicted octanol–water partition coefficient (Wildman–Crippen LogP) is 2.17. The highest BCUT2D eigenvalue weighted by molar-refractivity contribution is 5.62. The number of nitrogens with one attached hydrogen (secondary N) is 1. The molecule has 19 heavy (non-hydrogen) atoms. The number of methoxy groups -OCH3 is 1. The topological polar surface area (TPSA) is 80.4 Å². The minimum atomic E-state index is -0.645. The lowest BCUT2D eigenvalue weighted by Crippen LogP contribution is -2.36. The molecule has 1 saturated carbocycles. The van der Waals surface area contributed by atoms with Crippen molar-refractivity contribution in [1.29, 1.82) is 0 Å². The molecule has 5 heteroatoms. The van der Waals surface area contributed by atoms with Crippen molar-refractivity contribution in [2.45, 2.75) is 44.1 Å². The second kappa shape index (κ2) is 6.10. The number of hydrogen-bond acceptors (Lipinski definition) is 5. The lowest BCUT2D eigenvalue weighted by molar-refractivity contribution is 0.0380. The molecule has 0 unspecified atom stereocenters. The van der Waals surface area contributed by atoms with E-state index in [1.807, 2.05) is 0 Å². The number of pyridine rings is 1. The fraction of sp³-hybridized carbons (Fsp3) is 0.643. The summed E-state index contributed by atoms with van der Waals surface area (Å²) < 4.78 is 5.08. The van der Waals surface area contributed by atoms with Crippen LogP contribution in [0.25, 0.3) is 0 Å². The third-order valence-corrected chi connectivity index (χ3v) is 3.73. The summed E-state index contributed by atoms with van der Waals surface area (Å²) in [6.07, 6.45) is 6.26. The number of hydrogen-bond donors (Lipinski definition) is 3. The molecule has 4 N–H and O–H groups in total. The minimum Gasteiger partial charge on any atom is -0.481 e. The SMILES string of the molecule is COc1ccc(N)c(NCC2(O)CCCCCC2)n1. The molecule has 0 atom stereocenters. The third kappa shape index (κ3) is 3.73. The molecule has 1 aromatic heterocycles. The van der Waals surface area contributed by atoms with Crippen LogP contribution in [-0.4, -0.2) is 29.3 Å². The number of ether oxygens (including phenoxy) is 1. The van der Waals surface area contributed by atoms with Gasteiger partial charge in [-0.25, -0.2) is 0 Å². The molecule has 1 aromatic rings. The Bertz CT molecular complexity index is 415. The molecule has 0 bridgehead atoms. The van der Waals surface area contributed by atoms with E-state index < -0.39 is 5.60 Å². The monoisotopic (exact) mass is 265 g/mol. The van der Waals surface area contributed by atoms with Crippen molar-refractivity contribution in [2.75, 3.05) is 24.7 Å². The first-order valence-corrected chi connectivity index (χ1v) is 6.90. The summed E-state index contributed by atoms with van der Waals surface area (Å²) in [6.45, 7) is 0.483. The van der Waals surface area contributed by atoms with E-state index in [4.69, 9.17) is 10.5 Å². The Hall–Kier alpha value is -1.49. The number of nitrogens with zero attached hydrogens (tertiary/aromatic N) is 1. The molecule has 0 radical (unpaired) electrons. The van der Waals surface area contributed by atoms with Crippen molar-refractivity contribution in [3.8, 4) is 5.88 Å². The predicted molar refractivity (Wildman–Crippen MR) is 76.3 cm³/mol. The van der Waals surface area contributed by atoms with Crippen LogP contribution < -0.4 is 15.8 Å². The van der Waals surface area contributed by atoms with E-state index in [0.29, 0.717) is 23.9 Å². The summed E-state index contributed by atoms with van der Waals surface area (Å²) >= 11 is 0. The highest BCUT2D eigenvalue weighted by atomic mass is 16.5. The zero-order chi connectivity index (χ0) is 13.7. The summed E-state index contributed by atoms with van der Waals surface area (Å²) in [4.78, 5) is 4.26. The van der Waals surface area contributed by atoms with E-state index in [9.17, 15) is 5.11 Å².